The van der Waals surface area contributed by atoms with Gasteiger partial charge < -0.3 is 9.47 Å². The summed E-state index contributed by atoms with van der Waals surface area (Å²) in [5, 5.41) is 0. The molecule has 0 aromatic heterocycles. The van der Waals surface area contributed by atoms with Gasteiger partial charge in [0.15, 0.2) is 5.79 Å². The minimum absolute atomic E-state index is 0.108. The molecule has 0 aromatic rings. The fraction of sp³-hybridized carbons (Fsp3) is 1.00. The van der Waals surface area contributed by atoms with Gasteiger partial charge in [-0.05, 0) is 26.7 Å². The molecule has 1 N–H and O–H groups in total. The predicted molar refractivity (Wildman–Crippen MR) is 66.6 cm³/mol. The molecule has 1 fully saturated rings. The van der Waals surface area contributed by atoms with Gasteiger partial charge in [0, 0.05) is 12.4 Å². The van der Waals surface area contributed by atoms with Crippen molar-refractivity contribution in [3.63, 3.8) is 0 Å². The monoisotopic (exact) mass is 285 g/mol. The van der Waals surface area contributed by atoms with Crippen molar-refractivity contribution in [1.82, 2.24) is 4.72 Å². The molecule has 1 aliphatic heterocycles. The average Bonchev–Trinajstić information content (AvgIpc) is 2.56. The molecule has 1 heterocycles. The van der Waals surface area contributed by atoms with Gasteiger partial charge in [-0.3, -0.25) is 0 Å². The predicted octanol–water partition coefficient (Wildman–Crippen LogP) is 1.08. The molecule has 0 amide bonds. The lowest BCUT2D eigenvalue weighted by Crippen LogP contribution is -2.35. The molecular weight excluding hydrogens is 266 g/mol. The van der Waals surface area contributed by atoms with Crippen molar-refractivity contribution in [2.24, 2.45) is 0 Å². The zero-order chi connectivity index (χ0) is 12.9. The van der Waals surface area contributed by atoms with Crippen LogP contribution in [0.1, 0.15) is 26.7 Å². The van der Waals surface area contributed by atoms with Crippen molar-refractivity contribution >= 4 is 21.6 Å². The minimum Gasteiger partial charge on any atom is -0.348 e. The third-order valence-corrected chi connectivity index (χ3v) is 4.09. The van der Waals surface area contributed by atoms with Crippen molar-refractivity contribution in [2.75, 3.05) is 24.8 Å². The first kappa shape index (κ1) is 15.2. The molecule has 0 spiro atoms. The van der Waals surface area contributed by atoms with E-state index in [1.807, 2.05) is 13.8 Å². The van der Waals surface area contributed by atoms with E-state index in [1.165, 1.54) is 0 Å². The van der Waals surface area contributed by atoms with Gasteiger partial charge in [0.05, 0.1) is 18.5 Å². The fourth-order valence-electron chi connectivity index (χ4n) is 1.54. The van der Waals surface area contributed by atoms with Crippen LogP contribution < -0.4 is 4.72 Å². The second-order valence-electron chi connectivity index (χ2n) is 4.51. The molecule has 0 aromatic carbocycles. The minimum atomic E-state index is -3.22. The second kappa shape index (κ2) is 6.33. The Labute approximate surface area is 108 Å². The van der Waals surface area contributed by atoms with Crippen molar-refractivity contribution in [3.05, 3.63) is 0 Å². The fourth-order valence-corrected chi connectivity index (χ4v) is 2.90. The number of hydrogen-bond acceptors (Lipinski definition) is 4. The molecular formula is C10H20ClNO4S. The van der Waals surface area contributed by atoms with E-state index >= 15 is 0 Å². The second-order valence-corrected chi connectivity index (χ2v) is 6.82. The van der Waals surface area contributed by atoms with Crippen molar-refractivity contribution in [3.8, 4) is 0 Å². The molecule has 0 bridgehead atoms. The molecule has 0 aliphatic carbocycles. The normalized spacial score (nSPS) is 24.1. The Balaban J connectivity index is 2.26. The quantitative estimate of drug-likeness (QED) is 0.561. The summed E-state index contributed by atoms with van der Waals surface area (Å²) >= 11 is 5.49. The van der Waals surface area contributed by atoms with Gasteiger partial charge in [-0.25, -0.2) is 13.1 Å². The largest absolute Gasteiger partial charge is 0.348 e. The van der Waals surface area contributed by atoms with Crippen LogP contribution in [0, 0.1) is 0 Å². The van der Waals surface area contributed by atoms with Crippen molar-refractivity contribution in [1.29, 1.82) is 0 Å². The molecule has 1 rings (SSSR count). The molecule has 0 radical (unpaired) electrons. The van der Waals surface area contributed by atoms with Crippen LogP contribution in [0.15, 0.2) is 0 Å². The number of hydrogen-bond donors (Lipinski definition) is 1. The summed E-state index contributed by atoms with van der Waals surface area (Å²) in [7, 11) is -3.22. The Bertz CT molecular complexity index is 331. The maximum absolute atomic E-state index is 11.6. The number of nitrogens with one attached hydrogen (secondary N) is 1. The lowest BCUT2D eigenvalue weighted by molar-refractivity contribution is -0.137. The highest BCUT2D eigenvalue weighted by Gasteiger charge is 2.32. The standard InChI is InChI=1S/C10H20ClNO4S/c1-10(2)15-8-9(16-10)7-12-17(13,14)6-4-3-5-11/h9,12H,3-8H2,1-2H3. The Morgan fingerprint density at radius 3 is 2.65 bits per heavy atom. The Morgan fingerprint density at radius 2 is 2.12 bits per heavy atom. The third-order valence-electron chi connectivity index (χ3n) is 2.39. The summed E-state index contributed by atoms with van der Waals surface area (Å²) in [5.41, 5.74) is 0. The van der Waals surface area contributed by atoms with E-state index in [0.717, 1.165) is 0 Å². The third kappa shape index (κ3) is 6.01. The smallest absolute Gasteiger partial charge is 0.211 e. The highest BCUT2D eigenvalue weighted by Crippen LogP contribution is 2.21. The summed E-state index contributed by atoms with van der Waals surface area (Å²) in [5.74, 6) is -0.0191. The number of alkyl halides is 1. The average molecular weight is 286 g/mol. The molecule has 17 heavy (non-hydrogen) atoms. The molecule has 1 atom stereocenters. The Morgan fingerprint density at radius 1 is 1.41 bits per heavy atom. The maximum atomic E-state index is 11.6. The van der Waals surface area contributed by atoms with Crippen LogP contribution >= 0.6 is 11.6 Å². The van der Waals surface area contributed by atoms with Gasteiger partial charge in [0.2, 0.25) is 10.0 Å². The lowest BCUT2D eigenvalue weighted by Gasteiger charge is -2.17. The zero-order valence-electron chi connectivity index (χ0n) is 10.2. The number of rotatable bonds is 7. The Hall–Kier alpha value is 0.120. The first-order valence-corrected chi connectivity index (χ1v) is 7.88. The van der Waals surface area contributed by atoms with E-state index in [2.05, 4.69) is 4.72 Å². The van der Waals surface area contributed by atoms with Crippen LogP contribution in [0.3, 0.4) is 0 Å². The summed E-state index contributed by atoms with van der Waals surface area (Å²) in [4.78, 5) is 0. The van der Waals surface area contributed by atoms with Crippen molar-refractivity contribution in [2.45, 2.75) is 38.6 Å². The van der Waals surface area contributed by atoms with E-state index in [0.29, 0.717) is 25.3 Å². The molecule has 7 heteroatoms. The van der Waals surface area contributed by atoms with Crippen LogP contribution in [0.2, 0.25) is 0 Å². The van der Waals surface area contributed by atoms with E-state index in [9.17, 15) is 8.42 Å². The topological polar surface area (TPSA) is 64.6 Å². The van der Waals surface area contributed by atoms with Gasteiger partial charge in [-0.15, -0.1) is 11.6 Å². The Kier molecular flexibility index (Phi) is 5.66. The van der Waals surface area contributed by atoms with E-state index in [-0.39, 0.29) is 18.4 Å². The molecule has 5 nitrogen and oxygen atoms in total. The van der Waals surface area contributed by atoms with Crippen molar-refractivity contribution < 1.29 is 17.9 Å². The molecule has 0 saturated carbocycles. The number of halogens is 1. The summed E-state index contributed by atoms with van der Waals surface area (Å²) in [6.45, 7) is 4.29. The maximum Gasteiger partial charge on any atom is 0.211 e. The number of sulfonamides is 1. The van der Waals surface area contributed by atoms with Crippen LogP contribution in [0.5, 0.6) is 0 Å². The van der Waals surface area contributed by atoms with Gasteiger partial charge in [-0.2, -0.15) is 0 Å². The van der Waals surface area contributed by atoms with E-state index in [4.69, 9.17) is 21.1 Å². The van der Waals surface area contributed by atoms with Gasteiger partial charge in [-0.1, -0.05) is 0 Å². The van der Waals surface area contributed by atoms with Crippen LogP contribution in [0.4, 0.5) is 0 Å². The highest BCUT2D eigenvalue weighted by atomic mass is 35.5. The summed E-state index contributed by atoms with van der Waals surface area (Å²) in [6, 6.07) is 0. The van der Waals surface area contributed by atoms with Gasteiger partial charge in [0.1, 0.15) is 0 Å². The SMILES string of the molecule is CC1(C)OCC(CNS(=O)(=O)CCCCCl)O1. The van der Waals surface area contributed by atoms with Gasteiger partial charge >= 0.3 is 0 Å². The molecule has 1 saturated heterocycles. The zero-order valence-corrected chi connectivity index (χ0v) is 11.8. The van der Waals surface area contributed by atoms with Gasteiger partial charge in [0.25, 0.3) is 0 Å². The molecule has 102 valence electrons. The summed E-state index contributed by atoms with van der Waals surface area (Å²) in [6.07, 6.45) is 1.07. The lowest BCUT2D eigenvalue weighted by atomic mass is 10.4. The summed E-state index contributed by atoms with van der Waals surface area (Å²) < 4.78 is 36.5. The van der Waals surface area contributed by atoms with E-state index < -0.39 is 15.8 Å². The molecule has 1 unspecified atom stereocenters. The molecule has 1 aliphatic rings. The van der Waals surface area contributed by atoms with Crippen LogP contribution in [-0.4, -0.2) is 45.1 Å². The van der Waals surface area contributed by atoms with Crippen LogP contribution in [0.25, 0.3) is 0 Å². The van der Waals surface area contributed by atoms with E-state index in [1.54, 1.807) is 0 Å². The highest BCUT2D eigenvalue weighted by molar-refractivity contribution is 7.89. The van der Waals surface area contributed by atoms with Crippen LogP contribution in [-0.2, 0) is 19.5 Å². The number of unbranched alkanes of at least 4 members (excludes halogenated alkanes) is 1. The number of ether oxygens (including phenoxy) is 2. The first-order chi connectivity index (χ1) is 7.85. The first-order valence-electron chi connectivity index (χ1n) is 5.70.